The predicted octanol–water partition coefficient (Wildman–Crippen LogP) is 0.751. The number of nitrogens with two attached hydrogens (primary N) is 1. The van der Waals surface area contributed by atoms with Gasteiger partial charge in [0.1, 0.15) is 0 Å². The highest BCUT2D eigenvalue weighted by Gasteiger charge is 2.37. The molecule has 2 aliphatic heterocycles. The number of amides is 1. The molecule has 2 fully saturated rings. The number of hydrogen-bond acceptors (Lipinski definition) is 3. The topological polar surface area (TPSA) is 55.6 Å². The van der Waals surface area contributed by atoms with E-state index in [1.54, 1.807) is 0 Å². The maximum atomic E-state index is 12.2. The van der Waals surface area contributed by atoms with E-state index in [4.69, 9.17) is 10.5 Å². The molecule has 2 heterocycles. The van der Waals surface area contributed by atoms with Crippen LogP contribution in [0.5, 0.6) is 0 Å². The first-order valence-electron chi connectivity index (χ1n) is 6.39. The van der Waals surface area contributed by atoms with Crippen LogP contribution >= 0.6 is 0 Å². The van der Waals surface area contributed by atoms with Gasteiger partial charge in [-0.25, -0.2) is 0 Å². The molecule has 0 spiro atoms. The van der Waals surface area contributed by atoms with Crippen molar-refractivity contribution in [1.29, 1.82) is 0 Å². The van der Waals surface area contributed by atoms with Gasteiger partial charge < -0.3 is 15.4 Å². The van der Waals surface area contributed by atoms with Crippen molar-refractivity contribution < 1.29 is 9.53 Å². The van der Waals surface area contributed by atoms with Gasteiger partial charge >= 0.3 is 0 Å². The fourth-order valence-corrected chi connectivity index (χ4v) is 2.74. The molecule has 2 N–H and O–H groups in total. The van der Waals surface area contributed by atoms with E-state index < -0.39 is 0 Å². The lowest BCUT2D eigenvalue weighted by Gasteiger charge is -2.34. The van der Waals surface area contributed by atoms with Crippen LogP contribution in [-0.2, 0) is 9.53 Å². The van der Waals surface area contributed by atoms with E-state index >= 15 is 0 Å². The van der Waals surface area contributed by atoms with Crippen LogP contribution in [0.1, 0.15) is 32.6 Å². The Morgan fingerprint density at radius 1 is 1.44 bits per heavy atom. The Balaban J connectivity index is 1.93. The number of nitrogens with zero attached hydrogens (tertiary/aromatic N) is 1. The Labute approximate surface area is 97.1 Å². The van der Waals surface area contributed by atoms with Gasteiger partial charge in [0.15, 0.2) is 0 Å². The molecular weight excluding hydrogens is 204 g/mol. The first-order valence-corrected chi connectivity index (χ1v) is 6.39. The molecule has 16 heavy (non-hydrogen) atoms. The van der Waals surface area contributed by atoms with Gasteiger partial charge in [-0.2, -0.15) is 0 Å². The van der Waals surface area contributed by atoms with Gasteiger partial charge in [-0.1, -0.05) is 13.3 Å². The minimum absolute atomic E-state index is 0.0162. The molecule has 4 nitrogen and oxygen atoms in total. The lowest BCUT2D eigenvalue weighted by molar-refractivity contribution is -0.144. The largest absolute Gasteiger partial charge is 0.371 e. The van der Waals surface area contributed by atoms with Crippen molar-refractivity contribution in [1.82, 2.24) is 4.90 Å². The van der Waals surface area contributed by atoms with Crippen LogP contribution < -0.4 is 5.73 Å². The Morgan fingerprint density at radius 3 is 2.56 bits per heavy atom. The van der Waals surface area contributed by atoms with Crippen LogP contribution in [0.2, 0.25) is 0 Å². The van der Waals surface area contributed by atoms with Gasteiger partial charge in [0.2, 0.25) is 5.91 Å². The summed E-state index contributed by atoms with van der Waals surface area (Å²) in [6.07, 6.45) is 4.70. The zero-order valence-corrected chi connectivity index (χ0v) is 10.0. The van der Waals surface area contributed by atoms with Crippen molar-refractivity contribution in [3.8, 4) is 0 Å². The second-order valence-electron chi connectivity index (χ2n) is 4.92. The molecule has 2 rings (SSSR count). The summed E-state index contributed by atoms with van der Waals surface area (Å²) in [6, 6.07) is 0. The number of likely N-dealkylation sites (tertiary alicyclic amines) is 1. The minimum Gasteiger partial charge on any atom is -0.371 e. The summed E-state index contributed by atoms with van der Waals surface area (Å²) in [5.41, 5.74) is 5.67. The molecule has 1 amide bonds. The van der Waals surface area contributed by atoms with Crippen molar-refractivity contribution in [3.63, 3.8) is 0 Å². The number of carbonyl (C=O) groups excluding carboxylic acids is 1. The maximum absolute atomic E-state index is 12.2. The van der Waals surface area contributed by atoms with E-state index in [1.807, 2.05) is 4.90 Å². The third-order valence-corrected chi connectivity index (χ3v) is 3.63. The number of morpholine rings is 1. The van der Waals surface area contributed by atoms with Gasteiger partial charge in [-0.3, -0.25) is 4.79 Å². The summed E-state index contributed by atoms with van der Waals surface area (Å²) in [5, 5.41) is 0. The molecular formula is C12H22N2O2. The predicted molar refractivity (Wildman–Crippen MR) is 61.9 cm³/mol. The summed E-state index contributed by atoms with van der Waals surface area (Å²) in [4.78, 5) is 14.2. The molecule has 3 unspecified atom stereocenters. The Bertz CT molecular complexity index is 245. The quantitative estimate of drug-likeness (QED) is 0.769. The van der Waals surface area contributed by atoms with E-state index in [0.717, 1.165) is 38.8 Å². The Hall–Kier alpha value is -0.610. The molecule has 4 heteroatoms. The summed E-state index contributed by atoms with van der Waals surface area (Å²) in [7, 11) is 0. The van der Waals surface area contributed by atoms with Crippen LogP contribution in [0.25, 0.3) is 0 Å². The lowest BCUT2D eigenvalue weighted by atomic mass is 10.0. The van der Waals surface area contributed by atoms with E-state index in [2.05, 4.69) is 6.92 Å². The molecule has 0 radical (unpaired) electrons. The molecule has 2 saturated heterocycles. The van der Waals surface area contributed by atoms with E-state index in [0.29, 0.717) is 6.54 Å². The van der Waals surface area contributed by atoms with Crippen molar-refractivity contribution >= 4 is 5.91 Å². The highest BCUT2D eigenvalue weighted by Crippen LogP contribution is 2.27. The van der Waals surface area contributed by atoms with Crippen molar-refractivity contribution in [2.75, 3.05) is 19.6 Å². The minimum atomic E-state index is 0.0162. The first-order chi connectivity index (χ1) is 7.74. The van der Waals surface area contributed by atoms with Gasteiger partial charge in [-0.05, 0) is 19.3 Å². The normalized spacial score (nSPS) is 30.5. The van der Waals surface area contributed by atoms with Crippen LogP contribution in [0.4, 0.5) is 0 Å². The number of ether oxygens (including phenoxy) is 1. The standard InChI is InChI=1S/C12H22N2O2/c1-2-3-9(6-13)12(15)14-7-10-4-5-11(8-14)16-10/h9-11H,2-8,13H2,1H3. The monoisotopic (exact) mass is 226 g/mol. The zero-order chi connectivity index (χ0) is 11.5. The summed E-state index contributed by atoms with van der Waals surface area (Å²) in [6.45, 7) is 4.11. The third kappa shape index (κ3) is 2.38. The Morgan fingerprint density at radius 2 is 2.06 bits per heavy atom. The molecule has 0 aromatic rings. The summed E-state index contributed by atoms with van der Waals surface area (Å²) < 4.78 is 5.73. The second kappa shape index (κ2) is 5.15. The molecule has 0 aliphatic carbocycles. The average Bonchev–Trinajstić information content (AvgIpc) is 2.64. The molecule has 3 atom stereocenters. The van der Waals surface area contributed by atoms with Crippen molar-refractivity contribution in [2.45, 2.75) is 44.8 Å². The fraction of sp³-hybridized carbons (Fsp3) is 0.917. The van der Waals surface area contributed by atoms with Crippen LogP contribution in [0.3, 0.4) is 0 Å². The number of hydrogen-bond donors (Lipinski definition) is 1. The number of carbonyl (C=O) groups is 1. The molecule has 2 bridgehead atoms. The lowest BCUT2D eigenvalue weighted by Crippen LogP contribution is -2.49. The van der Waals surface area contributed by atoms with Crippen molar-refractivity contribution in [2.24, 2.45) is 11.7 Å². The van der Waals surface area contributed by atoms with Gasteiger partial charge in [0, 0.05) is 19.6 Å². The van der Waals surface area contributed by atoms with Crippen LogP contribution in [-0.4, -0.2) is 42.6 Å². The third-order valence-electron chi connectivity index (χ3n) is 3.63. The van der Waals surface area contributed by atoms with E-state index in [-0.39, 0.29) is 24.0 Å². The fourth-order valence-electron chi connectivity index (χ4n) is 2.74. The highest BCUT2D eigenvalue weighted by molar-refractivity contribution is 5.79. The number of fused-ring (bicyclic) bond motifs is 2. The highest BCUT2D eigenvalue weighted by atomic mass is 16.5. The second-order valence-corrected chi connectivity index (χ2v) is 4.92. The molecule has 0 aromatic heterocycles. The Kier molecular flexibility index (Phi) is 3.82. The molecule has 2 aliphatic rings. The van der Waals surface area contributed by atoms with Crippen LogP contribution in [0.15, 0.2) is 0 Å². The maximum Gasteiger partial charge on any atom is 0.227 e. The summed E-state index contributed by atoms with van der Waals surface area (Å²) >= 11 is 0. The van der Waals surface area contributed by atoms with Crippen molar-refractivity contribution in [3.05, 3.63) is 0 Å². The molecule has 0 saturated carbocycles. The van der Waals surface area contributed by atoms with Gasteiger partial charge in [0.25, 0.3) is 0 Å². The van der Waals surface area contributed by atoms with E-state index in [9.17, 15) is 4.79 Å². The first kappa shape index (κ1) is 11.9. The zero-order valence-electron chi connectivity index (χ0n) is 10.0. The van der Waals surface area contributed by atoms with Crippen LogP contribution in [0, 0.1) is 5.92 Å². The number of rotatable bonds is 4. The van der Waals surface area contributed by atoms with E-state index in [1.165, 1.54) is 0 Å². The average molecular weight is 226 g/mol. The molecule has 0 aromatic carbocycles. The smallest absolute Gasteiger partial charge is 0.227 e. The molecule has 92 valence electrons. The summed E-state index contributed by atoms with van der Waals surface area (Å²) in [5.74, 6) is 0.257. The SMILES string of the molecule is CCCC(CN)C(=O)N1CC2CCC(C1)O2. The van der Waals surface area contributed by atoms with Gasteiger partial charge in [0.05, 0.1) is 18.1 Å². The van der Waals surface area contributed by atoms with Gasteiger partial charge in [-0.15, -0.1) is 0 Å².